The fourth-order valence-corrected chi connectivity index (χ4v) is 2.57. The van der Waals surface area contributed by atoms with Crippen molar-refractivity contribution in [3.05, 3.63) is 65.5 Å². The van der Waals surface area contributed by atoms with E-state index >= 15 is 0 Å². The molecule has 0 saturated heterocycles. The van der Waals surface area contributed by atoms with Gasteiger partial charge in [-0.25, -0.2) is 4.79 Å². The van der Waals surface area contributed by atoms with Gasteiger partial charge in [-0.1, -0.05) is 30.3 Å². The lowest BCUT2D eigenvalue weighted by molar-refractivity contribution is 0.0470. The average molecular weight is 352 g/mol. The number of aromatic nitrogens is 1. The Morgan fingerprint density at radius 2 is 1.58 bits per heavy atom. The molecule has 1 heterocycles. The maximum atomic E-state index is 12.1. The smallest absolute Gasteiger partial charge is 0.408 e. The Kier molecular flexibility index (Phi) is 5.86. The van der Waals surface area contributed by atoms with E-state index in [1.165, 1.54) is 5.57 Å². The summed E-state index contributed by atoms with van der Waals surface area (Å²) in [4.78, 5) is 16.1. The minimum Gasteiger partial charge on any atom is -0.444 e. The predicted molar refractivity (Wildman–Crippen MR) is 107 cm³/mol. The highest BCUT2D eigenvalue weighted by Crippen LogP contribution is 2.24. The molecule has 2 aromatic rings. The number of benzene rings is 1. The van der Waals surface area contributed by atoms with Gasteiger partial charge in [-0.15, -0.1) is 0 Å². The van der Waals surface area contributed by atoms with E-state index in [4.69, 9.17) is 4.74 Å². The number of rotatable bonds is 4. The van der Waals surface area contributed by atoms with Gasteiger partial charge in [0.2, 0.25) is 0 Å². The van der Waals surface area contributed by atoms with Crippen LogP contribution in [-0.4, -0.2) is 16.7 Å². The zero-order valence-corrected chi connectivity index (χ0v) is 16.5. The summed E-state index contributed by atoms with van der Waals surface area (Å²) < 4.78 is 5.36. The van der Waals surface area contributed by atoms with E-state index in [-0.39, 0.29) is 0 Å². The first-order valence-electron chi connectivity index (χ1n) is 8.77. The third kappa shape index (κ3) is 5.73. The summed E-state index contributed by atoms with van der Waals surface area (Å²) in [5.74, 6) is 0. The fourth-order valence-electron chi connectivity index (χ4n) is 2.57. The second-order valence-corrected chi connectivity index (χ2v) is 7.94. The molecule has 26 heavy (non-hydrogen) atoms. The quantitative estimate of drug-likeness (QED) is 0.801. The molecule has 2 rings (SSSR count). The number of alkyl carbamates (subject to hydrolysis) is 1. The first-order chi connectivity index (χ1) is 12.1. The number of allylic oxidation sites excluding steroid dienone is 1. The Hall–Kier alpha value is -2.62. The van der Waals surface area contributed by atoms with Crippen LogP contribution in [0.5, 0.6) is 0 Å². The molecule has 0 saturated carbocycles. The van der Waals surface area contributed by atoms with E-state index in [9.17, 15) is 4.79 Å². The van der Waals surface area contributed by atoms with Crippen LogP contribution in [-0.2, 0) is 10.3 Å². The molecule has 0 aliphatic heterocycles. The van der Waals surface area contributed by atoms with E-state index in [0.29, 0.717) is 0 Å². The summed E-state index contributed by atoms with van der Waals surface area (Å²) >= 11 is 0. The van der Waals surface area contributed by atoms with Gasteiger partial charge in [0.1, 0.15) is 5.60 Å². The topological polar surface area (TPSA) is 51.2 Å². The lowest BCUT2D eigenvalue weighted by Gasteiger charge is -2.29. The van der Waals surface area contributed by atoms with Crippen molar-refractivity contribution in [2.45, 2.75) is 52.7 Å². The van der Waals surface area contributed by atoms with E-state index in [1.54, 1.807) is 12.4 Å². The summed E-state index contributed by atoms with van der Waals surface area (Å²) in [6.07, 6.45) is 5.28. The number of amides is 1. The second-order valence-electron chi connectivity index (χ2n) is 7.94. The molecule has 1 aromatic heterocycles. The Bertz CT molecular complexity index is 770. The maximum absolute atomic E-state index is 12.1. The van der Waals surface area contributed by atoms with Gasteiger partial charge in [-0.2, -0.15) is 0 Å². The summed E-state index contributed by atoms with van der Waals surface area (Å²) in [5, 5.41) is 2.93. The van der Waals surface area contributed by atoms with E-state index in [1.807, 2.05) is 58.9 Å². The van der Waals surface area contributed by atoms with E-state index in [2.05, 4.69) is 35.4 Å². The number of hydrogen-bond acceptors (Lipinski definition) is 3. The van der Waals surface area contributed by atoms with Gasteiger partial charge in [-0.05, 0) is 75.9 Å². The third-order valence-corrected chi connectivity index (χ3v) is 3.96. The van der Waals surface area contributed by atoms with Crippen LogP contribution in [0.15, 0.2) is 48.8 Å². The van der Waals surface area contributed by atoms with Gasteiger partial charge >= 0.3 is 6.09 Å². The van der Waals surface area contributed by atoms with Crippen LogP contribution in [0.4, 0.5) is 4.79 Å². The van der Waals surface area contributed by atoms with Crippen molar-refractivity contribution in [1.82, 2.24) is 10.3 Å². The summed E-state index contributed by atoms with van der Waals surface area (Å²) in [6, 6.07) is 12.2. The standard InChI is InChI=1S/C22H28N2O2/c1-16(15-17-11-13-23-14-12-17)18-7-9-19(10-8-18)22(5,6)24-20(25)26-21(2,3)4/h7-15H,1-6H3,(H,24,25)/b16-15-. The minimum atomic E-state index is -0.524. The lowest BCUT2D eigenvalue weighted by Crippen LogP contribution is -2.43. The van der Waals surface area contributed by atoms with Crippen LogP contribution in [0.25, 0.3) is 11.6 Å². The van der Waals surface area contributed by atoms with Gasteiger partial charge in [0.15, 0.2) is 0 Å². The molecule has 1 amide bonds. The molecule has 138 valence electrons. The van der Waals surface area contributed by atoms with Gasteiger partial charge < -0.3 is 10.1 Å². The zero-order valence-electron chi connectivity index (χ0n) is 16.5. The monoisotopic (exact) mass is 352 g/mol. The zero-order chi connectivity index (χ0) is 19.4. The maximum Gasteiger partial charge on any atom is 0.408 e. The predicted octanol–water partition coefficient (Wildman–Crippen LogP) is 5.40. The van der Waals surface area contributed by atoms with Crippen LogP contribution in [0.1, 0.15) is 58.2 Å². The highest BCUT2D eigenvalue weighted by molar-refractivity contribution is 5.80. The first kappa shape index (κ1) is 19.7. The van der Waals surface area contributed by atoms with Gasteiger partial charge in [-0.3, -0.25) is 4.98 Å². The Balaban J connectivity index is 2.12. The number of hydrogen-bond donors (Lipinski definition) is 1. The van der Waals surface area contributed by atoms with Crippen molar-refractivity contribution in [1.29, 1.82) is 0 Å². The molecule has 0 fully saturated rings. The van der Waals surface area contributed by atoms with Gasteiger partial charge in [0.05, 0.1) is 5.54 Å². The SMILES string of the molecule is C/C(=C/c1ccncc1)c1ccc(C(C)(C)NC(=O)OC(C)(C)C)cc1. The number of pyridine rings is 1. The minimum absolute atomic E-state index is 0.416. The number of nitrogens with zero attached hydrogens (tertiary/aromatic N) is 1. The molecule has 0 spiro atoms. The highest BCUT2D eigenvalue weighted by atomic mass is 16.6. The van der Waals surface area contributed by atoms with Gasteiger partial charge in [0.25, 0.3) is 0 Å². The molecule has 0 aliphatic rings. The Labute approximate surface area is 156 Å². The molecule has 1 N–H and O–H groups in total. The van der Waals surface area contributed by atoms with Crippen LogP contribution >= 0.6 is 0 Å². The lowest BCUT2D eigenvalue weighted by atomic mass is 9.92. The molecule has 4 nitrogen and oxygen atoms in total. The number of carbonyl (C=O) groups is 1. The summed E-state index contributed by atoms with van der Waals surface area (Å²) in [5.41, 5.74) is 3.40. The van der Waals surface area contributed by atoms with Crippen LogP contribution in [0.2, 0.25) is 0 Å². The highest BCUT2D eigenvalue weighted by Gasteiger charge is 2.26. The number of nitrogens with one attached hydrogen (secondary N) is 1. The van der Waals surface area contributed by atoms with Crippen LogP contribution in [0.3, 0.4) is 0 Å². The molecule has 1 aromatic carbocycles. The van der Waals surface area contributed by atoms with Crippen molar-refractivity contribution >= 4 is 17.7 Å². The number of ether oxygens (including phenoxy) is 1. The normalized spacial score (nSPS) is 12.6. The largest absolute Gasteiger partial charge is 0.444 e. The third-order valence-electron chi connectivity index (χ3n) is 3.96. The first-order valence-corrected chi connectivity index (χ1v) is 8.77. The summed E-state index contributed by atoms with van der Waals surface area (Å²) in [7, 11) is 0. The number of carbonyl (C=O) groups excluding carboxylic acids is 1. The van der Waals surface area contributed by atoms with Crippen molar-refractivity contribution in [3.63, 3.8) is 0 Å². The van der Waals surface area contributed by atoms with Crippen molar-refractivity contribution in [2.75, 3.05) is 0 Å². The van der Waals surface area contributed by atoms with E-state index < -0.39 is 17.2 Å². The molecule has 0 atom stereocenters. The van der Waals surface area contributed by atoms with Crippen molar-refractivity contribution in [2.24, 2.45) is 0 Å². The van der Waals surface area contributed by atoms with Crippen molar-refractivity contribution in [3.8, 4) is 0 Å². The van der Waals surface area contributed by atoms with Crippen molar-refractivity contribution < 1.29 is 9.53 Å². The second kappa shape index (κ2) is 7.73. The summed E-state index contributed by atoms with van der Waals surface area (Å²) in [6.45, 7) is 11.6. The fraction of sp³-hybridized carbons (Fsp3) is 0.364. The molecule has 0 radical (unpaired) electrons. The van der Waals surface area contributed by atoms with Crippen LogP contribution in [0, 0.1) is 0 Å². The molecular formula is C22H28N2O2. The van der Waals surface area contributed by atoms with Gasteiger partial charge in [0, 0.05) is 12.4 Å². The van der Waals surface area contributed by atoms with E-state index in [0.717, 1.165) is 16.7 Å². The average Bonchev–Trinajstić information content (AvgIpc) is 2.53. The van der Waals surface area contributed by atoms with Crippen LogP contribution < -0.4 is 5.32 Å². The molecule has 4 heteroatoms. The molecule has 0 unspecified atom stereocenters. The Morgan fingerprint density at radius 3 is 2.12 bits per heavy atom. The molecule has 0 bridgehead atoms. The molecule has 0 aliphatic carbocycles. The Morgan fingerprint density at radius 1 is 1.00 bits per heavy atom. The molecular weight excluding hydrogens is 324 g/mol.